The van der Waals surface area contributed by atoms with Crippen molar-refractivity contribution in [2.75, 3.05) is 19.6 Å². The zero-order valence-electron chi connectivity index (χ0n) is 13.2. The first-order chi connectivity index (χ1) is 11.2. The summed E-state index contributed by atoms with van der Waals surface area (Å²) in [6, 6.07) is 10.0. The average molecular weight is 349 g/mol. The summed E-state index contributed by atoms with van der Waals surface area (Å²) in [7, 11) is 0. The molecule has 1 amide bonds. The quantitative estimate of drug-likeness (QED) is 0.832. The van der Waals surface area contributed by atoms with Crippen LogP contribution in [-0.2, 0) is 11.2 Å². The molecule has 122 valence electrons. The minimum Gasteiger partial charge on any atom is -0.330 e. The highest BCUT2D eigenvalue weighted by atomic mass is 35.5. The van der Waals surface area contributed by atoms with Crippen molar-refractivity contribution in [1.82, 2.24) is 10.2 Å². The summed E-state index contributed by atoms with van der Waals surface area (Å²) in [5.74, 6) is 0.162. The van der Waals surface area contributed by atoms with Gasteiger partial charge in [-0.25, -0.2) is 0 Å². The lowest BCUT2D eigenvalue weighted by Crippen LogP contribution is -2.44. The molecule has 0 spiro atoms. The number of carbonyl (C=O) groups is 1. The lowest BCUT2D eigenvalue weighted by Gasteiger charge is -2.36. The molecule has 2 heterocycles. The zero-order chi connectivity index (χ0) is 16.2. The van der Waals surface area contributed by atoms with Crippen LogP contribution in [0.5, 0.6) is 0 Å². The molecule has 3 nitrogen and oxygen atoms in total. The predicted octanol–water partition coefficient (Wildman–Crippen LogP) is 3.88. The van der Waals surface area contributed by atoms with E-state index in [1.807, 2.05) is 29.2 Å². The van der Waals surface area contributed by atoms with Gasteiger partial charge in [-0.2, -0.15) is 0 Å². The van der Waals surface area contributed by atoms with Crippen molar-refractivity contribution in [3.8, 4) is 0 Å². The Hall–Kier alpha value is -1.36. The summed E-state index contributed by atoms with van der Waals surface area (Å²) in [5.41, 5.74) is 2.38. The molecule has 5 heteroatoms. The van der Waals surface area contributed by atoms with E-state index in [1.54, 1.807) is 11.3 Å². The van der Waals surface area contributed by atoms with E-state index in [1.165, 1.54) is 10.4 Å². The molecule has 3 rings (SSSR count). The van der Waals surface area contributed by atoms with Crippen LogP contribution in [0.25, 0.3) is 0 Å². The summed E-state index contributed by atoms with van der Waals surface area (Å²) >= 11 is 7.81. The molecule has 2 aromatic rings. The van der Waals surface area contributed by atoms with Crippen molar-refractivity contribution in [3.05, 3.63) is 56.7 Å². The van der Waals surface area contributed by atoms with E-state index in [9.17, 15) is 4.79 Å². The number of nitrogens with zero attached hydrogens (tertiary/aromatic N) is 1. The fourth-order valence-corrected chi connectivity index (χ4v) is 4.09. The summed E-state index contributed by atoms with van der Waals surface area (Å²) in [5, 5.41) is 6.06. The van der Waals surface area contributed by atoms with Crippen molar-refractivity contribution >= 4 is 28.8 Å². The van der Waals surface area contributed by atoms with Crippen LogP contribution in [0.3, 0.4) is 0 Å². The number of thiophene rings is 1. The third kappa shape index (κ3) is 3.60. The van der Waals surface area contributed by atoms with Crippen molar-refractivity contribution in [3.63, 3.8) is 0 Å². The highest BCUT2D eigenvalue weighted by Crippen LogP contribution is 2.38. The number of carbonyl (C=O) groups excluding carboxylic acids is 1. The van der Waals surface area contributed by atoms with Gasteiger partial charge in [-0.3, -0.25) is 4.79 Å². The minimum absolute atomic E-state index is 0.00167. The maximum Gasteiger partial charge on any atom is 0.237 e. The van der Waals surface area contributed by atoms with Gasteiger partial charge in [0.15, 0.2) is 0 Å². The van der Waals surface area contributed by atoms with Gasteiger partial charge in [-0.1, -0.05) is 30.7 Å². The van der Waals surface area contributed by atoms with Gasteiger partial charge in [0, 0.05) is 16.4 Å². The van der Waals surface area contributed by atoms with E-state index in [4.69, 9.17) is 11.6 Å². The van der Waals surface area contributed by atoms with E-state index < -0.39 is 0 Å². The number of benzene rings is 1. The van der Waals surface area contributed by atoms with Crippen molar-refractivity contribution in [2.24, 2.45) is 0 Å². The molecule has 1 N–H and O–H groups in total. The van der Waals surface area contributed by atoms with Crippen LogP contribution in [0.1, 0.15) is 35.4 Å². The number of nitrogens with one attached hydrogen (secondary N) is 1. The van der Waals surface area contributed by atoms with E-state index in [2.05, 4.69) is 23.7 Å². The first-order valence-electron chi connectivity index (χ1n) is 8.02. The summed E-state index contributed by atoms with van der Waals surface area (Å²) in [6.45, 7) is 4.15. The van der Waals surface area contributed by atoms with Crippen LogP contribution < -0.4 is 5.32 Å². The predicted molar refractivity (Wildman–Crippen MR) is 96.2 cm³/mol. The molecule has 0 saturated carbocycles. The smallest absolute Gasteiger partial charge is 0.237 e. The third-order valence-corrected chi connectivity index (χ3v) is 5.42. The van der Waals surface area contributed by atoms with E-state index in [-0.39, 0.29) is 11.9 Å². The Morgan fingerprint density at radius 2 is 2.13 bits per heavy atom. The minimum atomic E-state index is -0.00167. The fourth-order valence-electron chi connectivity index (χ4n) is 3.06. The number of amides is 1. The van der Waals surface area contributed by atoms with Gasteiger partial charge in [0.2, 0.25) is 5.91 Å². The molecule has 1 aromatic heterocycles. The number of hydrogen-bond acceptors (Lipinski definition) is 3. The Kier molecular flexibility index (Phi) is 5.36. The maximum atomic E-state index is 12.7. The SMILES string of the molecule is CCCNCC(=O)N1CCc2sccc2C1c1ccc(Cl)cc1. The second kappa shape index (κ2) is 7.47. The Labute approximate surface area is 146 Å². The molecule has 0 radical (unpaired) electrons. The number of fused-ring (bicyclic) bond motifs is 1. The van der Waals surface area contributed by atoms with Crippen LogP contribution in [-0.4, -0.2) is 30.4 Å². The molecule has 1 unspecified atom stereocenters. The van der Waals surface area contributed by atoms with Crippen LogP contribution in [0.2, 0.25) is 5.02 Å². The van der Waals surface area contributed by atoms with Gasteiger partial charge in [0.25, 0.3) is 0 Å². The lowest BCUT2D eigenvalue weighted by atomic mass is 9.93. The summed E-state index contributed by atoms with van der Waals surface area (Å²) in [6.07, 6.45) is 1.97. The topological polar surface area (TPSA) is 32.3 Å². The largest absolute Gasteiger partial charge is 0.330 e. The van der Waals surface area contributed by atoms with Crippen molar-refractivity contribution < 1.29 is 4.79 Å². The Morgan fingerprint density at radius 1 is 1.35 bits per heavy atom. The van der Waals surface area contributed by atoms with Crippen LogP contribution in [0, 0.1) is 0 Å². The molecule has 1 atom stereocenters. The Balaban J connectivity index is 1.89. The first-order valence-corrected chi connectivity index (χ1v) is 9.28. The molecule has 0 saturated heterocycles. The second-order valence-electron chi connectivity index (χ2n) is 5.77. The normalized spacial score (nSPS) is 17.1. The second-order valence-corrected chi connectivity index (χ2v) is 7.20. The van der Waals surface area contributed by atoms with Crippen LogP contribution >= 0.6 is 22.9 Å². The Morgan fingerprint density at radius 3 is 2.87 bits per heavy atom. The Bertz CT molecular complexity index is 668. The molecule has 0 fully saturated rings. The molecule has 0 bridgehead atoms. The first kappa shape index (κ1) is 16.5. The van der Waals surface area contributed by atoms with Crippen molar-refractivity contribution in [2.45, 2.75) is 25.8 Å². The molecular weight excluding hydrogens is 328 g/mol. The van der Waals surface area contributed by atoms with Gasteiger partial charge in [-0.15, -0.1) is 11.3 Å². The molecular formula is C18H21ClN2OS. The highest BCUT2D eigenvalue weighted by molar-refractivity contribution is 7.10. The number of hydrogen-bond donors (Lipinski definition) is 1. The lowest BCUT2D eigenvalue weighted by molar-refractivity contribution is -0.132. The highest BCUT2D eigenvalue weighted by Gasteiger charge is 2.32. The number of rotatable bonds is 5. The van der Waals surface area contributed by atoms with Crippen LogP contribution in [0.15, 0.2) is 35.7 Å². The molecule has 23 heavy (non-hydrogen) atoms. The van der Waals surface area contributed by atoms with E-state index in [0.29, 0.717) is 6.54 Å². The summed E-state index contributed by atoms with van der Waals surface area (Å²) in [4.78, 5) is 16.1. The monoisotopic (exact) mass is 348 g/mol. The maximum absolute atomic E-state index is 12.7. The van der Waals surface area contributed by atoms with Gasteiger partial charge < -0.3 is 10.2 Å². The van der Waals surface area contributed by atoms with Crippen molar-refractivity contribution in [1.29, 1.82) is 0 Å². The summed E-state index contributed by atoms with van der Waals surface area (Å²) < 4.78 is 0. The van der Waals surface area contributed by atoms with E-state index in [0.717, 1.165) is 36.5 Å². The van der Waals surface area contributed by atoms with Gasteiger partial charge in [-0.05, 0) is 54.1 Å². The van der Waals surface area contributed by atoms with Gasteiger partial charge in [0.05, 0.1) is 12.6 Å². The zero-order valence-corrected chi connectivity index (χ0v) is 14.8. The molecule has 0 aliphatic carbocycles. The van der Waals surface area contributed by atoms with Gasteiger partial charge >= 0.3 is 0 Å². The molecule has 1 aliphatic rings. The third-order valence-electron chi connectivity index (χ3n) is 4.17. The average Bonchev–Trinajstić information content (AvgIpc) is 3.03. The van der Waals surface area contributed by atoms with Gasteiger partial charge in [0.1, 0.15) is 0 Å². The van der Waals surface area contributed by atoms with E-state index >= 15 is 0 Å². The number of halogens is 1. The fraction of sp³-hybridized carbons (Fsp3) is 0.389. The molecule has 1 aliphatic heterocycles. The standard InChI is InChI=1S/C18H21ClN2OS/c1-2-9-20-12-17(22)21-10-7-16-15(8-11-23-16)18(21)13-3-5-14(19)6-4-13/h3-6,8,11,18,20H,2,7,9-10,12H2,1H3. The molecule has 1 aromatic carbocycles. The van der Waals surface area contributed by atoms with Crippen LogP contribution in [0.4, 0.5) is 0 Å².